The van der Waals surface area contributed by atoms with Crippen LogP contribution < -0.4 is 0 Å². The van der Waals surface area contributed by atoms with Crippen molar-refractivity contribution in [3.05, 3.63) is 0 Å². The first kappa shape index (κ1) is 6.02. The van der Waals surface area contributed by atoms with Gasteiger partial charge in [-0.2, -0.15) is 0 Å². The fourth-order valence-electron chi connectivity index (χ4n) is 0. The van der Waals surface area contributed by atoms with Crippen molar-refractivity contribution in [2.24, 2.45) is 0 Å². The summed E-state index contributed by atoms with van der Waals surface area (Å²) in [5.41, 5.74) is 0. The maximum atomic E-state index is 5.19. The Labute approximate surface area is 49.1 Å². The molecule has 0 saturated heterocycles. The van der Waals surface area contributed by atoms with Crippen LogP contribution in [0.5, 0.6) is 0 Å². The van der Waals surface area contributed by atoms with Crippen LogP contribution in [0.15, 0.2) is 0 Å². The summed E-state index contributed by atoms with van der Waals surface area (Å²) < 4.78 is 0. The molecule has 0 aliphatic carbocycles. The van der Waals surface area contributed by atoms with E-state index in [1.54, 1.807) is 0 Å². The molecular weight excluding hydrogens is 246 g/mol. The Bertz CT molecular complexity index is 10.8. The maximum absolute atomic E-state index is 5.19. The van der Waals surface area contributed by atoms with E-state index in [-0.39, 0.29) is 0 Å². The summed E-state index contributed by atoms with van der Waals surface area (Å²) in [4.78, 5) is 0. The van der Waals surface area contributed by atoms with E-state index in [0.717, 1.165) is 0 Å². The molecule has 0 unspecified atom stereocenters. The van der Waals surface area contributed by atoms with Gasteiger partial charge in [0.15, 0.2) is 0 Å². The second-order valence-electron chi connectivity index (χ2n) is 0.214. The monoisotopic (exact) mass is 245 g/mol. The van der Waals surface area contributed by atoms with Crippen LogP contribution in [0.2, 0.25) is 0 Å². The van der Waals surface area contributed by atoms with E-state index in [9.17, 15) is 0 Å². The molecule has 0 rings (SSSR count). The second-order valence-corrected chi connectivity index (χ2v) is 14.5. The van der Waals surface area contributed by atoms with Gasteiger partial charge in [-0.1, -0.05) is 0 Å². The zero-order chi connectivity index (χ0) is 3.58. The molecule has 4 heavy (non-hydrogen) atoms. The Morgan fingerprint density at radius 1 is 1.50 bits per heavy atom. The molecule has 4 heteroatoms. The van der Waals surface area contributed by atoms with Gasteiger partial charge in [0.05, 0.1) is 0 Å². The first-order valence-corrected chi connectivity index (χ1v) is 9.90. The number of rotatable bonds is 0. The molecule has 0 fully saturated rings. The van der Waals surface area contributed by atoms with E-state index in [1.807, 2.05) is 19.2 Å². The molecule has 0 aromatic heterocycles. The van der Waals surface area contributed by atoms with Crippen LogP contribution >= 0.6 is 37.8 Å². The Morgan fingerprint density at radius 2 is 1.50 bits per heavy atom. The van der Waals surface area contributed by atoms with E-state index in [4.69, 9.17) is 18.6 Å². The molecule has 0 radical (unpaired) electrons. The Kier molecular flexibility index (Phi) is 4.85. The molecule has 24 valence electrons. The average Bonchev–Trinajstić information content (AvgIpc) is 0.811. The summed E-state index contributed by atoms with van der Waals surface area (Å²) in [5.74, 6) is 0. The Morgan fingerprint density at radius 3 is 1.50 bits per heavy atom. The number of hydrogen-bond donors (Lipinski definition) is 0. The van der Waals surface area contributed by atoms with Gasteiger partial charge in [-0.15, -0.1) is 0 Å². The van der Waals surface area contributed by atoms with Gasteiger partial charge in [0.2, 0.25) is 0 Å². The molecule has 0 nitrogen and oxygen atoms in total. The van der Waals surface area contributed by atoms with Crippen LogP contribution in [-0.4, -0.2) is 0 Å². The number of halogens is 3. The van der Waals surface area contributed by atoms with Crippen molar-refractivity contribution in [1.29, 1.82) is 0 Å². The minimum atomic E-state index is -1.42. The third-order valence-corrected chi connectivity index (χ3v) is 0. The van der Waals surface area contributed by atoms with Crippen LogP contribution in [0.3, 0.4) is 0 Å². The fourth-order valence-corrected chi connectivity index (χ4v) is 0. The van der Waals surface area contributed by atoms with Crippen LogP contribution in [0, 0.1) is 0 Å². The van der Waals surface area contributed by atoms with E-state index >= 15 is 0 Å². The van der Waals surface area contributed by atoms with Crippen LogP contribution in [0.25, 0.3) is 0 Å². The predicted molar refractivity (Wildman–Crippen MR) is 25.7 cm³/mol. The predicted octanol–water partition coefficient (Wildman–Crippen LogP) is 2.26. The van der Waals surface area contributed by atoms with E-state index in [1.165, 1.54) is 0 Å². The first-order valence-electron chi connectivity index (χ1n) is 0.567. The molecule has 0 bridgehead atoms. The van der Waals surface area contributed by atoms with Gasteiger partial charge in [0.25, 0.3) is 0 Å². The molecule has 0 saturated carbocycles. The van der Waals surface area contributed by atoms with Crippen LogP contribution in [0.4, 0.5) is 0 Å². The van der Waals surface area contributed by atoms with Crippen LogP contribution in [0.1, 0.15) is 0 Å². The molecule has 0 aromatic carbocycles. The standard InChI is InChI=1S/2ClH.HI.Ti/h3*1H;/q;;;+4/p-3. The van der Waals surface area contributed by atoms with E-state index in [0.29, 0.717) is 0 Å². The zero-order valence-corrected chi connectivity index (χ0v) is 6.86. The van der Waals surface area contributed by atoms with Gasteiger partial charge in [-0.3, -0.25) is 0 Å². The minimum absolute atomic E-state index is 1.42. The van der Waals surface area contributed by atoms with Gasteiger partial charge < -0.3 is 0 Å². The molecular formula is Cl2ITi+. The third kappa shape index (κ3) is 8.98. The summed E-state index contributed by atoms with van der Waals surface area (Å²) in [7, 11) is 10.4. The van der Waals surface area contributed by atoms with Crippen LogP contribution in [-0.2, 0) is 12.0 Å². The van der Waals surface area contributed by atoms with E-state index in [2.05, 4.69) is 0 Å². The summed E-state index contributed by atoms with van der Waals surface area (Å²) in [6, 6.07) is 0. The fraction of sp³-hybridized carbons (Fsp3) is 0. The van der Waals surface area contributed by atoms with Crippen molar-refractivity contribution < 1.29 is 12.0 Å². The van der Waals surface area contributed by atoms with Gasteiger partial charge in [-0.05, 0) is 0 Å². The SMILES string of the molecule is [Cl][Ti+]([Cl])[I]. The summed E-state index contributed by atoms with van der Waals surface area (Å²) in [6.45, 7) is 0. The molecule has 0 spiro atoms. The molecule has 0 aromatic rings. The molecule has 0 heterocycles. The Balaban J connectivity index is 2.32. The number of hydrogen-bond acceptors (Lipinski definition) is 0. The first-order chi connectivity index (χ1) is 1.73. The molecule has 0 atom stereocenters. The molecule has 0 amide bonds. The molecule has 0 aliphatic rings. The zero-order valence-electron chi connectivity index (χ0n) is 1.63. The Hall–Kier alpha value is 2.02. The molecule has 0 N–H and O–H groups in total. The summed E-state index contributed by atoms with van der Waals surface area (Å²) in [6.07, 6.45) is 0. The van der Waals surface area contributed by atoms with Gasteiger partial charge in [0.1, 0.15) is 0 Å². The van der Waals surface area contributed by atoms with Gasteiger partial charge in [-0.25, -0.2) is 0 Å². The van der Waals surface area contributed by atoms with Gasteiger partial charge in [0, 0.05) is 0 Å². The second kappa shape index (κ2) is 3.22. The topological polar surface area (TPSA) is 0 Å². The van der Waals surface area contributed by atoms with E-state index < -0.39 is 12.0 Å². The normalized spacial score (nSPS) is 6.75. The van der Waals surface area contributed by atoms with Crippen molar-refractivity contribution >= 4 is 37.8 Å². The average molecular weight is 246 g/mol. The van der Waals surface area contributed by atoms with Crippen molar-refractivity contribution in [2.75, 3.05) is 0 Å². The van der Waals surface area contributed by atoms with Crippen molar-refractivity contribution in [2.45, 2.75) is 0 Å². The quantitative estimate of drug-likeness (QED) is 0.454. The summed E-state index contributed by atoms with van der Waals surface area (Å²) >= 11 is 0.622. The van der Waals surface area contributed by atoms with Gasteiger partial charge >= 0.3 is 49.8 Å². The van der Waals surface area contributed by atoms with Crippen molar-refractivity contribution in [3.63, 3.8) is 0 Å². The molecule has 0 aliphatic heterocycles. The summed E-state index contributed by atoms with van der Waals surface area (Å²) in [5, 5.41) is 0. The van der Waals surface area contributed by atoms with Crippen molar-refractivity contribution in [3.8, 4) is 0 Å². The van der Waals surface area contributed by atoms with Crippen molar-refractivity contribution in [1.82, 2.24) is 0 Å². The third-order valence-electron chi connectivity index (χ3n) is 0.